The molecule has 0 amide bonds. The van der Waals surface area contributed by atoms with Crippen LogP contribution in [0.25, 0.3) is 0 Å². The summed E-state index contributed by atoms with van der Waals surface area (Å²) in [6.07, 6.45) is 10.6. The van der Waals surface area contributed by atoms with Crippen LogP contribution in [0, 0.1) is 28.6 Å². The number of carbonyl (C=O) groups is 2. The van der Waals surface area contributed by atoms with E-state index in [1.165, 1.54) is 5.57 Å². The number of hydrogen-bond acceptors (Lipinski definition) is 6. The van der Waals surface area contributed by atoms with E-state index >= 15 is 0 Å². The molecule has 0 aromatic heterocycles. The zero-order valence-electron chi connectivity index (χ0n) is 18.1. The molecule has 0 radical (unpaired) electrons. The number of hydrogen-bond donors (Lipinski definition) is 0. The van der Waals surface area contributed by atoms with Crippen LogP contribution in [-0.2, 0) is 23.9 Å². The average molecular weight is 414 g/mol. The highest BCUT2D eigenvalue weighted by Gasteiger charge is 2.82. The van der Waals surface area contributed by atoms with Crippen molar-refractivity contribution in [3.8, 4) is 0 Å². The molecular formula is C24H31NO5. The van der Waals surface area contributed by atoms with Crippen LogP contribution < -0.4 is 0 Å². The standard InChI is InChI=1S/C24H31NO5/c1-21-7-4-16(26)11-15(21)10-14(13-25-28-3)20-17-5-8-23(9-6-19(27)30-23)22(17,2)12-18-24(20,21)29-18/h11,13-14,17-18,20H,4-10,12H2,1-3H3/b25-13+/t14-,17?,18-,20?,21-,22-,23+,24+/m0/s1. The first-order chi connectivity index (χ1) is 14.3. The Balaban J connectivity index is 1.47. The van der Waals surface area contributed by atoms with Gasteiger partial charge in [-0.3, -0.25) is 9.59 Å². The normalized spacial score (nSPS) is 53.6. The number of ether oxygens (including phenoxy) is 2. The molecule has 30 heavy (non-hydrogen) atoms. The molecule has 5 fully saturated rings. The zero-order chi connectivity index (χ0) is 20.9. The fourth-order valence-corrected chi connectivity index (χ4v) is 8.64. The summed E-state index contributed by atoms with van der Waals surface area (Å²) < 4.78 is 12.8. The van der Waals surface area contributed by atoms with E-state index < -0.39 is 0 Å². The topological polar surface area (TPSA) is 77.5 Å². The maximum Gasteiger partial charge on any atom is 0.306 e. The summed E-state index contributed by atoms with van der Waals surface area (Å²) in [5.74, 6) is 1.06. The van der Waals surface area contributed by atoms with Gasteiger partial charge in [0.1, 0.15) is 18.3 Å². The first kappa shape index (κ1) is 19.0. The average Bonchev–Trinajstić information content (AvgIpc) is 3.19. The van der Waals surface area contributed by atoms with Crippen molar-refractivity contribution in [2.45, 2.75) is 82.5 Å². The molecule has 0 N–H and O–H groups in total. The van der Waals surface area contributed by atoms with Gasteiger partial charge < -0.3 is 14.3 Å². The molecule has 2 spiro atoms. The fourth-order valence-electron chi connectivity index (χ4n) is 8.64. The summed E-state index contributed by atoms with van der Waals surface area (Å²) in [7, 11) is 1.58. The molecule has 3 saturated carbocycles. The van der Waals surface area contributed by atoms with Crippen molar-refractivity contribution in [3.63, 3.8) is 0 Å². The molecule has 162 valence electrons. The van der Waals surface area contributed by atoms with Crippen LogP contribution in [0.1, 0.15) is 65.2 Å². The fraction of sp³-hybridized carbons (Fsp3) is 0.792. The predicted octanol–water partition coefficient (Wildman–Crippen LogP) is 3.58. The molecule has 6 nitrogen and oxygen atoms in total. The second kappa shape index (κ2) is 5.76. The van der Waals surface area contributed by atoms with Crippen molar-refractivity contribution in [1.82, 2.24) is 0 Å². The van der Waals surface area contributed by atoms with Crippen molar-refractivity contribution in [3.05, 3.63) is 11.6 Å². The summed E-state index contributed by atoms with van der Waals surface area (Å²) in [5, 5.41) is 4.18. The van der Waals surface area contributed by atoms with Gasteiger partial charge in [0.05, 0.1) is 6.10 Å². The molecule has 4 aliphatic carbocycles. The van der Waals surface area contributed by atoms with E-state index in [0.29, 0.717) is 24.7 Å². The number of fused-ring (bicyclic) bond motifs is 4. The van der Waals surface area contributed by atoms with Crippen molar-refractivity contribution in [1.29, 1.82) is 0 Å². The van der Waals surface area contributed by atoms with Crippen molar-refractivity contribution >= 4 is 18.0 Å². The Kier molecular flexibility index (Phi) is 3.65. The van der Waals surface area contributed by atoms with Crippen molar-refractivity contribution < 1.29 is 23.9 Å². The van der Waals surface area contributed by atoms with Gasteiger partial charge in [0.2, 0.25) is 0 Å². The molecule has 6 rings (SSSR count). The van der Waals surface area contributed by atoms with Gasteiger partial charge in [0, 0.05) is 41.7 Å². The minimum atomic E-state index is -0.338. The summed E-state index contributed by atoms with van der Waals surface area (Å²) in [6.45, 7) is 4.67. The maximum absolute atomic E-state index is 12.3. The van der Waals surface area contributed by atoms with Gasteiger partial charge in [0.25, 0.3) is 0 Å². The maximum atomic E-state index is 12.3. The number of esters is 1. The number of oxime groups is 1. The quantitative estimate of drug-likeness (QED) is 0.299. The van der Waals surface area contributed by atoms with Crippen LogP contribution in [0.15, 0.2) is 16.8 Å². The van der Waals surface area contributed by atoms with Gasteiger partial charge in [-0.2, -0.15) is 0 Å². The van der Waals surface area contributed by atoms with Gasteiger partial charge in [-0.15, -0.1) is 0 Å². The van der Waals surface area contributed by atoms with Gasteiger partial charge in [-0.05, 0) is 50.5 Å². The third-order valence-corrected chi connectivity index (χ3v) is 10.1. The highest BCUT2D eigenvalue weighted by atomic mass is 16.6. The lowest BCUT2D eigenvalue weighted by Gasteiger charge is -2.58. The molecule has 2 heterocycles. The summed E-state index contributed by atoms with van der Waals surface area (Å²) >= 11 is 0. The Labute approximate surface area is 177 Å². The van der Waals surface area contributed by atoms with Crippen LogP contribution in [0.3, 0.4) is 0 Å². The van der Waals surface area contributed by atoms with Crippen LogP contribution in [0.4, 0.5) is 0 Å². The van der Waals surface area contributed by atoms with E-state index in [2.05, 4.69) is 19.0 Å². The minimum Gasteiger partial charge on any atom is -0.458 e. The van der Waals surface area contributed by atoms with E-state index in [1.54, 1.807) is 7.11 Å². The highest BCUT2D eigenvalue weighted by Crippen LogP contribution is 2.78. The minimum absolute atomic E-state index is 0.0467. The summed E-state index contributed by atoms with van der Waals surface area (Å²) in [4.78, 5) is 29.5. The van der Waals surface area contributed by atoms with Gasteiger partial charge in [-0.1, -0.05) is 24.6 Å². The first-order valence-electron chi connectivity index (χ1n) is 11.5. The lowest BCUT2D eigenvalue weighted by atomic mass is 9.44. The van der Waals surface area contributed by atoms with E-state index in [1.807, 2.05) is 12.3 Å². The molecule has 0 bridgehead atoms. The van der Waals surface area contributed by atoms with Crippen molar-refractivity contribution in [2.75, 3.05) is 7.11 Å². The third kappa shape index (κ3) is 2.02. The lowest BCUT2D eigenvalue weighted by Crippen LogP contribution is -2.62. The molecule has 0 aromatic rings. The molecule has 2 saturated heterocycles. The summed E-state index contributed by atoms with van der Waals surface area (Å²) in [6, 6.07) is 0. The van der Waals surface area contributed by atoms with E-state index in [0.717, 1.165) is 38.5 Å². The molecule has 2 unspecified atom stereocenters. The second-order valence-electron chi connectivity index (χ2n) is 10.9. The van der Waals surface area contributed by atoms with Gasteiger partial charge in [0.15, 0.2) is 5.78 Å². The Morgan fingerprint density at radius 1 is 1.20 bits per heavy atom. The smallest absolute Gasteiger partial charge is 0.306 e. The Hall–Kier alpha value is -1.69. The molecule has 8 atom stereocenters. The SMILES string of the molecule is CO/N=C/[C@@H]1CC2=CC(=O)CC[C@]2(C)[C@@]23O[C@H]2C[C@@]2(C)C(CC[C@@]24CCC(=O)O4)C13. The van der Waals surface area contributed by atoms with Crippen LogP contribution >= 0.6 is 0 Å². The third-order valence-electron chi connectivity index (χ3n) is 10.1. The molecule has 2 aliphatic heterocycles. The molecule has 6 aliphatic rings. The number of carbonyl (C=O) groups excluding carboxylic acids is 2. The van der Waals surface area contributed by atoms with Gasteiger partial charge in [-0.25, -0.2) is 0 Å². The first-order valence-corrected chi connectivity index (χ1v) is 11.5. The Morgan fingerprint density at radius 3 is 2.77 bits per heavy atom. The molecule has 0 aromatic carbocycles. The highest BCUT2D eigenvalue weighted by molar-refractivity contribution is 5.92. The van der Waals surface area contributed by atoms with Crippen LogP contribution in [0.2, 0.25) is 0 Å². The largest absolute Gasteiger partial charge is 0.458 e. The lowest BCUT2D eigenvalue weighted by molar-refractivity contribution is -0.165. The van der Waals surface area contributed by atoms with E-state index in [-0.39, 0.29) is 45.8 Å². The molecule has 6 heteroatoms. The Morgan fingerprint density at radius 2 is 2.03 bits per heavy atom. The van der Waals surface area contributed by atoms with E-state index in [4.69, 9.17) is 14.3 Å². The number of nitrogens with zero attached hydrogens (tertiary/aromatic N) is 1. The number of ketones is 1. The summed E-state index contributed by atoms with van der Waals surface area (Å²) in [5.41, 5.74) is 0.483. The van der Waals surface area contributed by atoms with E-state index in [9.17, 15) is 9.59 Å². The zero-order valence-corrected chi connectivity index (χ0v) is 18.1. The van der Waals surface area contributed by atoms with Crippen LogP contribution in [0.5, 0.6) is 0 Å². The number of epoxide rings is 1. The second-order valence-corrected chi connectivity index (χ2v) is 10.9. The van der Waals surface area contributed by atoms with Crippen molar-refractivity contribution in [2.24, 2.45) is 33.7 Å². The Bertz CT molecular complexity index is 896. The number of rotatable bonds is 2. The van der Waals surface area contributed by atoms with Crippen LogP contribution in [-0.4, -0.2) is 42.4 Å². The molecular weight excluding hydrogens is 382 g/mol. The predicted molar refractivity (Wildman–Crippen MR) is 109 cm³/mol. The monoisotopic (exact) mass is 413 g/mol. The van der Waals surface area contributed by atoms with Gasteiger partial charge >= 0.3 is 5.97 Å².